The Labute approximate surface area is 126 Å². The average molecular weight is 282 g/mol. The highest BCUT2D eigenvalue weighted by molar-refractivity contribution is 5.59. The number of nitrogens with one attached hydrogen (secondary N) is 1. The van der Waals surface area contributed by atoms with Crippen LogP contribution in [0, 0.1) is 6.92 Å². The van der Waals surface area contributed by atoms with Crippen molar-refractivity contribution < 1.29 is 0 Å². The molecule has 2 heterocycles. The molecule has 0 amide bonds. The van der Waals surface area contributed by atoms with Crippen molar-refractivity contribution >= 4 is 11.5 Å². The molecule has 4 heteroatoms. The summed E-state index contributed by atoms with van der Waals surface area (Å²) in [5.41, 5.74) is 3.75. The van der Waals surface area contributed by atoms with Gasteiger partial charge in [0, 0.05) is 30.0 Å². The number of hydrogen-bond donors (Lipinski definition) is 1. The smallest absolute Gasteiger partial charge is 0.150 e. The molecule has 110 valence electrons. The SMILES string of the molecule is CCNc1cc(C)nc(CN2c3ccccc3CC2C)n1. The van der Waals surface area contributed by atoms with E-state index >= 15 is 0 Å². The molecule has 0 saturated carbocycles. The van der Waals surface area contributed by atoms with Crippen LogP contribution in [0.3, 0.4) is 0 Å². The molecule has 1 atom stereocenters. The monoisotopic (exact) mass is 282 g/mol. The second kappa shape index (κ2) is 5.72. The molecule has 0 radical (unpaired) electrons. The van der Waals surface area contributed by atoms with Crippen LogP contribution in [0.5, 0.6) is 0 Å². The fourth-order valence-electron chi connectivity index (χ4n) is 3.00. The summed E-state index contributed by atoms with van der Waals surface area (Å²) in [6, 6.07) is 11.1. The predicted octanol–water partition coefficient (Wildman–Crippen LogP) is 3.17. The highest BCUT2D eigenvalue weighted by Gasteiger charge is 2.26. The van der Waals surface area contributed by atoms with Gasteiger partial charge in [0.2, 0.25) is 0 Å². The molecule has 0 fully saturated rings. The zero-order valence-corrected chi connectivity index (χ0v) is 12.9. The number of fused-ring (bicyclic) bond motifs is 1. The van der Waals surface area contributed by atoms with Gasteiger partial charge >= 0.3 is 0 Å². The number of benzene rings is 1. The van der Waals surface area contributed by atoms with Crippen LogP contribution in [0.4, 0.5) is 11.5 Å². The molecule has 1 aromatic carbocycles. The quantitative estimate of drug-likeness (QED) is 0.935. The lowest BCUT2D eigenvalue weighted by atomic mass is 10.1. The summed E-state index contributed by atoms with van der Waals surface area (Å²) in [5, 5.41) is 3.27. The lowest BCUT2D eigenvalue weighted by Gasteiger charge is -2.24. The topological polar surface area (TPSA) is 41.1 Å². The van der Waals surface area contributed by atoms with Crippen molar-refractivity contribution in [3.8, 4) is 0 Å². The third-order valence-electron chi connectivity index (χ3n) is 3.92. The Morgan fingerprint density at radius 2 is 2.10 bits per heavy atom. The van der Waals surface area contributed by atoms with Crippen LogP contribution in [-0.2, 0) is 13.0 Å². The number of aryl methyl sites for hydroxylation is 1. The predicted molar refractivity (Wildman–Crippen MR) is 86.7 cm³/mol. The largest absolute Gasteiger partial charge is 0.370 e. The van der Waals surface area contributed by atoms with Crippen molar-refractivity contribution in [2.75, 3.05) is 16.8 Å². The maximum atomic E-state index is 4.63. The van der Waals surface area contributed by atoms with Crippen molar-refractivity contribution in [1.29, 1.82) is 0 Å². The lowest BCUT2D eigenvalue weighted by Crippen LogP contribution is -2.29. The van der Waals surface area contributed by atoms with E-state index < -0.39 is 0 Å². The second-order valence-electron chi connectivity index (χ2n) is 5.65. The van der Waals surface area contributed by atoms with Crippen molar-refractivity contribution in [2.45, 2.75) is 39.8 Å². The summed E-state index contributed by atoms with van der Waals surface area (Å²) in [4.78, 5) is 11.6. The van der Waals surface area contributed by atoms with Gasteiger partial charge in [-0.2, -0.15) is 0 Å². The maximum absolute atomic E-state index is 4.63. The van der Waals surface area contributed by atoms with Gasteiger partial charge in [-0.25, -0.2) is 9.97 Å². The van der Waals surface area contributed by atoms with Crippen LogP contribution in [-0.4, -0.2) is 22.6 Å². The molecule has 0 spiro atoms. The average Bonchev–Trinajstić information content (AvgIpc) is 2.75. The van der Waals surface area contributed by atoms with Crippen LogP contribution in [0.2, 0.25) is 0 Å². The molecule has 21 heavy (non-hydrogen) atoms. The Bertz CT molecular complexity index is 638. The van der Waals surface area contributed by atoms with Crippen molar-refractivity contribution in [3.05, 3.63) is 47.4 Å². The molecule has 2 aromatic rings. The number of rotatable bonds is 4. The summed E-state index contributed by atoms with van der Waals surface area (Å²) in [6.45, 7) is 8.00. The fraction of sp³-hybridized carbons (Fsp3) is 0.412. The van der Waals surface area contributed by atoms with Gasteiger partial charge in [-0.1, -0.05) is 18.2 Å². The van der Waals surface area contributed by atoms with E-state index in [-0.39, 0.29) is 0 Å². The number of nitrogens with zero attached hydrogens (tertiary/aromatic N) is 3. The molecule has 0 bridgehead atoms. The Hall–Kier alpha value is -2.10. The molecular formula is C17H22N4. The minimum atomic E-state index is 0.495. The summed E-state index contributed by atoms with van der Waals surface area (Å²) in [5.74, 6) is 1.80. The van der Waals surface area contributed by atoms with Gasteiger partial charge in [-0.15, -0.1) is 0 Å². The Kier molecular flexibility index (Phi) is 3.78. The summed E-state index contributed by atoms with van der Waals surface area (Å²) in [7, 11) is 0. The molecule has 1 N–H and O–H groups in total. The van der Waals surface area contributed by atoms with Gasteiger partial charge in [0.25, 0.3) is 0 Å². The normalized spacial score (nSPS) is 16.9. The highest BCUT2D eigenvalue weighted by atomic mass is 15.2. The zero-order valence-electron chi connectivity index (χ0n) is 12.9. The Morgan fingerprint density at radius 3 is 2.90 bits per heavy atom. The molecule has 1 aliphatic heterocycles. The number of hydrogen-bond acceptors (Lipinski definition) is 4. The van der Waals surface area contributed by atoms with E-state index in [4.69, 9.17) is 0 Å². The third kappa shape index (κ3) is 2.84. The van der Waals surface area contributed by atoms with Crippen LogP contribution < -0.4 is 10.2 Å². The minimum Gasteiger partial charge on any atom is -0.370 e. The Balaban J connectivity index is 1.87. The number of anilines is 2. The van der Waals surface area contributed by atoms with Crippen LogP contribution in [0.25, 0.3) is 0 Å². The van der Waals surface area contributed by atoms with Gasteiger partial charge in [0.05, 0.1) is 6.54 Å². The van der Waals surface area contributed by atoms with E-state index in [9.17, 15) is 0 Å². The molecule has 1 aromatic heterocycles. The summed E-state index contributed by atoms with van der Waals surface area (Å²) in [6.07, 6.45) is 1.10. The van der Waals surface area contributed by atoms with E-state index in [2.05, 4.69) is 58.3 Å². The van der Waals surface area contributed by atoms with Crippen LogP contribution >= 0.6 is 0 Å². The van der Waals surface area contributed by atoms with Crippen LogP contribution in [0.15, 0.2) is 30.3 Å². The first kappa shape index (κ1) is 13.9. The first-order valence-corrected chi connectivity index (χ1v) is 7.60. The first-order valence-electron chi connectivity index (χ1n) is 7.60. The van der Waals surface area contributed by atoms with E-state index in [0.29, 0.717) is 6.04 Å². The third-order valence-corrected chi connectivity index (χ3v) is 3.92. The van der Waals surface area contributed by atoms with Gasteiger partial charge in [0.1, 0.15) is 11.6 Å². The van der Waals surface area contributed by atoms with Crippen molar-refractivity contribution in [1.82, 2.24) is 9.97 Å². The van der Waals surface area contributed by atoms with Gasteiger partial charge in [-0.05, 0) is 38.8 Å². The second-order valence-corrected chi connectivity index (χ2v) is 5.65. The molecule has 0 saturated heterocycles. The van der Waals surface area contributed by atoms with Crippen LogP contribution in [0.1, 0.15) is 30.9 Å². The zero-order chi connectivity index (χ0) is 14.8. The first-order chi connectivity index (χ1) is 10.2. The van der Waals surface area contributed by atoms with E-state index in [1.165, 1.54) is 11.3 Å². The fourth-order valence-corrected chi connectivity index (χ4v) is 3.00. The minimum absolute atomic E-state index is 0.495. The van der Waals surface area contributed by atoms with E-state index in [1.54, 1.807) is 0 Å². The van der Waals surface area contributed by atoms with E-state index in [0.717, 1.165) is 36.8 Å². The summed E-state index contributed by atoms with van der Waals surface area (Å²) >= 11 is 0. The standard InChI is InChI=1S/C17H22N4/c1-4-18-16-9-12(2)19-17(20-16)11-21-13(3)10-14-7-5-6-8-15(14)21/h5-9,13H,4,10-11H2,1-3H3,(H,18,19,20). The number of aromatic nitrogens is 2. The molecule has 1 unspecified atom stereocenters. The molecule has 3 rings (SSSR count). The maximum Gasteiger partial charge on any atom is 0.150 e. The van der Waals surface area contributed by atoms with Gasteiger partial charge in [0.15, 0.2) is 0 Å². The van der Waals surface area contributed by atoms with Crippen molar-refractivity contribution in [2.24, 2.45) is 0 Å². The Morgan fingerprint density at radius 1 is 1.29 bits per heavy atom. The van der Waals surface area contributed by atoms with Crippen molar-refractivity contribution in [3.63, 3.8) is 0 Å². The number of para-hydroxylation sites is 1. The molecule has 4 nitrogen and oxygen atoms in total. The lowest BCUT2D eigenvalue weighted by molar-refractivity contribution is 0.654. The molecule has 0 aliphatic carbocycles. The van der Waals surface area contributed by atoms with E-state index in [1.807, 2.05) is 13.0 Å². The van der Waals surface area contributed by atoms with Gasteiger partial charge in [-0.3, -0.25) is 0 Å². The summed E-state index contributed by atoms with van der Waals surface area (Å²) < 4.78 is 0. The highest BCUT2D eigenvalue weighted by Crippen LogP contribution is 2.32. The van der Waals surface area contributed by atoms with Gasteiger partial charge < -0.3 is 10.2 Å². The molecular weight excluding hydrogens is 260 g/mol. The molecule has 1 aliphatic rings.